The Kier molecular flexibility index (Phi) is 4.00. The molecule has 1 amide bonds. The molecule has 0 spiro atoms. The van der Waals surface area contributed by atoms with Gasteiger partial charge in [-0.3, -0.25) is 9.78 Å². The molecule has 4 nitrogen and oxygen atoms in total. The van der Waals surface area contributed by atoms with Crippen molar-refractivity contribution in [3.63, 3.8) is 0 Å². The standard InChI is InChI=1S/C21H12ClN3O/c22-18-8-7-13(12-23)10-19(18)25-21(26)17-11-14-4-1-2-5-15(14)16-6-3-9-24-20(16)17/h1-11H,(H,25,26). The summed E-state index contributed by atoms with van der Waals surface area (Å²) in [6.45, 7) is 0. The molecule has 1 N–H and O–H groups in total. The molecule has 0 radical (unpaired) electrons. The van der Waals surface area contributed by atoms with Crippen molar-refractivity contribution < 1.29 is 4.79 Å². The predicted octanol–water partition coefficient (Wildman–Crippen LogP) is 5.17. The Labute approximate surface area is 154 Å². The molecule has 26 heavy (non-hydrogen) atoms. The Bertz CT molecular complexity index is 1210. The summed E-state index contributed by atoms with van der Waals surface area (Å²) in [6, 6.07) is 20.3. The van der Waals surface area contributed by atoms with Crippen LogP contribution >= 0.6 is 11.6 Å². The summed E-state index contributed by atoms with van der Waals surface area (Å²) in [6.07, 6.45) is 1.66. The van der Waals surface area contributed by atoms with Crippen LogP contribution in [-0.2, 0) is 0 Å². The van der Waals surface area contributed by atoms with Crippen molar-refractivity contribution in [1.82, 2.24) is 4.98 Å². The number of nitrogens with zero attached hydrogens (tertiary/aromatic N) is 2. The van der Waals surface area contributed by atoms with Crippen LogP contribution in [0.5, 0.6) is 0 Å². The lowest BCUT2D eigenvalue weighted by Gasteiger charge is -2.11. The smallest absolute Gasteiger partial charge is 0.257 e. The Balaban J connectivity index is 1.86. The first-order valence-corrected chi connectivity index (χ1v) is 8.32. The van der Waals surface area contributed by atoms with Crippen LogP contribution < -0.4 is 5.32 Å². The van der Waals surface area contributed by atoms with Gasteiger partial charge in [-0.05, 0) is 41.1 Å². The van der Waals surface area contributed by atoms with Gasteiger partial charge in [0.2, 0.25) is 0 Å². The van der Waals surface area contributed by atoms with Gasteiger partial charge in [-0.2, -0.15) is 5.26 Å². The number of benzene rings is 3. The van der Waals surface area contributed by atoms with Gasteiger partial charge >= 0.3 is 0 Å². The van der Waals surface area contributed by atoms with E-state index in [4.69, 9.17) is 16.9 Å². The monoisotopic (exact) mass is 357 g/mol. The number of aromatic nitrogens is 1. The topological polar surface area (TPSA) is 65.8 Å². The molecular weight excluding hydrogens is 346 g/mol. The highest BCUT2D eigenvalue weighted by Gasteiger charge is 2.15. The van der Waals surface area contributed by atoms with Gasteiger partial charge in [0.05, 0.1) is 33.4 Å². The zero-order valence-corrected chi connectivity index (χ0v) is 14.3. The van der Waals surface area contributed by atoms with E-state index in [1.54, 1.807) is 24.4 Å². The van der Waals surface area contributed by atoms with E-state index in [2.05, 4.69) is 10.3 Å². The molecule has 4 aromatic rings. The third-order valence-corrected chi connectivity index (χ3v) is 4.53. The molecule has 3 aromatic carbocycles. The molecule has 0 aliphatic rings. The summed E-state index contributed by atoms with van der Waals surface area (Å²) in [4.78, 5) is 17.3. The molecule has 5 heteroatoms. The third-order valence-electron chi connectivity index (χ3n) is 4.20. The van der Waals surface area contributed by atoms with Crippen molar-refractivity contribution in [2.45, 2.75) is 0 Å². The molecule has 1 heterocycles. The fourth-order valence-corrected chi connectivity index (χ4v) is 3.15. The summed E-state index contributed by atoms with van der Waals surface area (Å²) < 4.78 is 0. The molecule has 0 bridgehead atoms. The minimum absolute atomic E-state index is 0.323. The van der Waals surface area contributed by atoms with E-state index >= 15 is 0 Å². The molecule has 0 saturated carbocycles. The van der Waals surface area contributed by atoms with Gasteiger partial charge in [0.15, 0.2) is 0 Å². The van der Waals surface area contributed by atoms with Crippen LogP contribution in [0.25, 0.3) is 21.7 Å². The molecule has 124 valence electrons. The minimum atomic E-state index is -0.323. The van der Waals surface area contributed by atoms with Crippen LogP contribution in [0.3, 0.4) is 0 Å². The number of hydrogen-bond acceptors (Lipinski definition) is 3. The maximum Gasteiger partial charge on any atom is 0.257 e. The van der Waals surface area contributed by atoms with Crippen molar-refractivity contribution in [2.24, 2.45) is 0 Å². The number of carbonyl (C=O) groups excluding carboxylic acids is 1. The largest absolute Gasteiger partial charge is 0.321 e. The SMILES string of the molecule is N#Cc1ccc(Cl)c(NC(=O)c2cc3ccccc3c3cccnc23)c1. The number of hydrogen-bond donors (Lipinski definition) is 1. The van der Waals surface area contributed by atoms with Crippen molar-refractivity contribution in [1.29, 1.82) is 5.26 Å². The Morgan fingerprint density at radius 1 is 1.04 bits per heavy atom. The normalized spacial score (nSPS) is 10.6. The summed E-state index contributed by atoms with van der Waals surface area (Å²) in [7, 11) is 0. The summed E-state index contributed by atoms with van der Waals surface area (Å²) in [5.41, 5.74) is 1.90. The van der Waals surface area contributed by atoms with Crippen LogP contribution in [0.1, 0.15) is 15.9 Å². The number of fused-ring (bicyclic) bond motifs is 3. The van der Waals surface area contributed by atoms with Gasteiger partial charge in [-0.15, -0.1) is 0 Å². The number of carbonyl (C=O) groups is 1. The minimum Gasteiger partial charge on any atom is -0.321 e. The molecule has 0 saturated heterocycles. The van der Waals surface area contributed by atoms with Crippen LogP contribution in [0.4, 0.5) is 5.69 Å². The third kappa shape index (κ3) is 2.75. The lowest BCUT2D eigenvalue weighted by atomic mass is 10.0. The summed E-state index contributed by atoms with van der Waals surface area (Å²) in [5, 5.41) is 15.1. The highest BCUT2D eigenvalue weighted by Crippen LogP contribution is 2.29. The zero-order valence-electron chi connectivity index (χ0n) is 13.5. The van der Waals surface area contributed by atoms with Crippen LogP contribution in [0.2, 0.25) is 5.02 Å². The van der Waals surface area contributed by atoms with Gasteiger partial charge in [-0.25, -0.2) is 0 Å². The highest BCUT2D eigenvalue weighted by atomic mass is 35.5. The van der Waals surface area contributed by atoms with E-state index in [1.807, 2.05) is 48.5 Å². The van der Waals surface area contributed by atoms with Crippen molar-refractivity contribution in [3.8, 4) is 6.07 Å². The van der Waals surface area contributed by atoms with Crippen molar-refractivity contribution in [2.75, 3.05) is 5.32 Å². The highest BCUT2D eigenvalue weighted by molar-refractivity contribution is 6.34. The fourth-order valence-electron chi connectivity index (χ4n) is 2.98. The number of halogens is 1. The number of rotatable bonds is 2. The van der Waals surface area contributed by atoms with Gasteiger partial charge in [-0.1, -0.05) is 41.9 Å². The van der Waals surface area contributed by atoms with Crippen LogP contribution in [-0.4, -0.2) is 10.9 Å². The van der Waals surface area contributed by atoms with Gasteiger partial charge in [0, 0.05) is 11.6 Å². The number of pyridine rings is 1. The molecular formula is C21H12ClN3O. The first-order chi connectivity index (χ1) is 12.7. The molecule has 0 fully saturated rings. The van der Waals surface area contributed by atoms with Crippen LogP contribution in [0.15, 0.2) is 66.9 Å². The van der Waals surface area contributed by atoms with E-state index in [0.717, 1.165) is 16.2 Å². The zero-order chi connectivity index (χ0) is 18.1. The number of anilines is 1. The number of nitrogens with one attached hydrogen (secondary N) is 1. The lowest BCUT2D eigenvalue weighted by Crippen LogP contribution is -2.13. The van der Waals surface area contributed by atoms with Gasteiger partial charge < -0.3 is 5.32 Å². The van der Waals surface area contributed by atoms with Gasteiger partial charge in [0.1, 0.15) is 0 Å². The second-order valence-corrected chi connectivity index (χ2v) is 6.21. The Morgan fingerprint density at radius 2 is 1.85 bits per heavy atom. The first kappa shape index (κ1) is 16.1. The maximum absolute atomic E-state index is 12.9. The average Bonchev–Trinajstić information content (AvgIpc) is 2.69. The van der Waals surface area contributed by atoms with E-state index in [9.17, 15) is 4.79 Å². The number of amides is 1. The molecule has 0 aliphatic carbocycles. The summed E-state index contributed by atoms with van der Waals surface area (Å²) in [5.74, 6) is -0.323. The molecule has 1 aromatic heterocycles. The second kappa shape index (κ2) is 6.47. The fraction of sp³-hybridized carbons (Fsp3) is 0. The molecule has 4 rings (SSSR count). The van der Waals surface area contributed by atoms with Crippen LogP contribution in [0, 0.1) is 11.3 Å². The van der Waals surface area contributed by atoms with E-state index in [0.29, 0.717) is 27.4 Å². The van der Waals surface area contributed by atoms with E-state index in [-0.39, 0.29) is 5.91 Å². The predicted molar refractivity (Wildman–Crippen MR) is 103 cm³/mol. The average molecular weight is 358 g/mol. The van der Waals surface area contributed by atoms with Gasteiger partial charge in [0.25, 0.3) is 5.91 Å². The molecule has 0 aliphatic heterocycles. The first-order valence-electron chi connectivity index (χ1n) is 7.95. The Hall–Kier alpha value is -3.42. The number of nitriles is 1. The lowest BCUT2D eigenvalue weighted by molar-refractivity contribution is 0.102. The maximum atomic E-state index is 12.9. The second-order valence-electron chi connectivity index (χ2n) is 5.81. The van der Waals surface area contributed by atoms with E-state index < -0.39 is 0 Å². The van der Waals surface area contributed by atoms with E-state index in [1.165, 1.54) is 0 Å². The van der Waals surface area contributed by atoms with Crippen molar-refractivity contribution in [3.05, 3.63) is 83.0 Å². The Morgan fingerprint density at radius 3 is 2.69 bits per heavy atom. The van der Waals surface area contributed by atoms with Crippen molar-refractivity contribution >= 4 is 44.9 Å². The molecule has 0 atom stereocenters. The quantitative estimate of drug-likeness (QED) is 0.503. The summed E-state index contributed by atoms with van der Waals surface area (Å²) >= 11 is 6.16. The molecule has 0 unspecified atom stereocenters.